The molecule has 0 aliphatic heterocycles. The fourth-order valence-corrected chi connectivity index (χ4v) is 5.24. The highest BCUT2D eigenvalue weighted by atomic mass is 79.9. The number of nitrogens with two attached hydrogens (primary N) is 1. The van der Waals surface area contributed by atoms with Gasteiger partial charge in [-0.05, 0) is 52.4 Å². The molecule has 0 radical (unpaired) electrons. The Kier molecular flexibility index (Phi) is 4.47. The number of sulfonamides is 1. The Hall–Kier alpha value is -0.590. The maximum atomic E-state index is 12.5. The number of nitrogen functional groups attached to an aromatic ring is 1. The Morgan fingerprint density at radius 3 is 2.65 bits per heavy atom. The van der Waals surface area contributed by atoms with Crippen LogP contribution >= 0.6 is 15.9 Å². The van der Waals surface area contributed by atoms with Crippen molar-refractivity contribution in [3.8, 4) is 0 Å². The number of hydrogen-bond acceptors (Lipinski definition) is 3. The van der Waals surface area contributed by atoms with Crippen molar-refractivity contribution < 1.29 is 8.42 Å². The molecule has 1 aromatic carbocycles. The molecule has 1 atom stereocenters. The molecule has 0 saturated heterocycles. The molecule has 1 aromatic rings. The van der Waals surface area contributed by atoms with E-state index in [9.17, 15) is 8.42 Å². The Labute approximate surface area is 129 Å². The first-order valence-corrected chi connectivity index (χ1v) is 9.07. The van der Waals surface area contributed by atoms with Crippen LogP contribution in [0.2, 0.25) is 0 Å². The van der Waals surface area contributed by atoms with E-state index in [1.807, 2.05) is 0 Å². The summed E-state index contributed by atoms with van der Waals surface area (Å²) in [6.45, 7) is 4.24. The third-order valence-electron chi connectivity index (χ3n) is 4.05. The molecule has 0 spiro atoms. The van der Waals surface area contributed by atoms with Crippen LogP contribution in [0.4, 0.5) is 5.69 Å². The number of hydrogen-bond donors (Lipinski definition) is 2. The van der Waals surface area contributed by atoms with Crippen LogP contribution in [0.5, 0.6) is 0 Å². The Bertz CT molecular complexity index is 599. The molecule has 20 heavy (non-hydrogen) atoms. The zero-order valence-electron chi connectivity index (χ0n) is 11.8. The number of nitrogens with one attached hydrogen (secondary N) is 1. The van der Waals surface area contributed by atoms with Crippen molar-refractivity contribution in [3.63, 3.8) is 0 Å². The Morgan fingerprint density at radius 2 is 2.05 bits per heavy atom. The minimum Gasteiger partial charge on any atom is -0.399 e. The smallest absolute Gasteiger partial charge is 0.241 e. The second-order valence-electron chi connectivity index (χ2n) is 6.10. The second kappa shape index (κ2) is 5.66. The molecule has 0 heterocycles. The third kappa shape index (κ3) is 3.35. The van der Waals surface area contributed by atoms with Crippen molar-refractivity contribution in [2.45, 2.75) is 50.5 Å². The second-order valence-corrected chi connectivity index (χ2v) is 8.63. The molecule has 1 aliphatic carbocycles. The lowest BCUT2D eigenvalue weighted by Gasteiger charge is -2.38. The molecule has 1 aliphatic rings. The summed E-state index contributed by atoms with van der Waals surface area (Å²) in [6.07, 6.45) is 4.16. The van der Waals surface area contributed by atoms with Crippen LogP contribution in [-0.4, -0.2) is 14.5 Å². The summed E-state index contributed by atoms with van der Waals surface area (Å²) in [5.41, 5.74) is 6.18. The Morgan fingerprint density at radius 1 is 1.35 bits per heavy atom. The molecule has 0 amide bonds. The SMILES string of the molecule is CC1(C)CCCCC1NS(=O)(=O)c1ccc(N)cc1Br. The summed E-state index contributed by atoms with van der Waals surface area (Å²) < 4.78 is 28.4. The lowest BCUT2D eigenvalue weighted by atomic mass is 9.74. The molecular weight excluding hydrogens is 340 g/mol. The number of rotatable bonds is 3. The predicted molar refractivity (Wildman–Crippen MR) is 84.9 cm³/mol. The molecular formula is C14H21BrN2O2S. The van der Waals surface area contributed by atoms with Gasteiger partial charge < -0.3 is 5.73 Å². The van der Waals surface area contributed by atoms with Crippen LogP contribution < -0.4 is 10.5 Å². The molecule has 1 unspecified atom stereocenters. The van der Waals surface area contributed by atoms with Gasteiger partial charge in [-0.2, -0.15) is 0 Å². The van der Waals surface area contributed by atoms with E-state index in [1.165, 1.54) is 6.07 Å². The van der Waals surface area contributed by atoms with Crippen molar-refractivity contribution in [1.29, 1.82) is 0 Å². The Balaban J connectivity index is 2.27. The van der Waals surface area contributed by atoms with E-state index < -0.39 is 10.0 Å². The van der Waals surface area contributed by atoms with E-state index >= 15 is 0 Å². The van der Waals surface area contributed by atoms with Gasteiger partial charge in [0, 0.05) is 16.2 Å². The highest BCUT2D eigenvalue weighted by Gasteiger charge is 2.35. The largest absolute Gasteiger partial charge is 0.399 e. The van der Waals surface area contributed by atoms with Crippen LogP contribution in [0.25, 0.3) is 0 Å². The molecule has 6 heteroatoms. The van der Waals surface area contributed by atoms with E-state index in [0.717, 1.165) is 25.7 Å². The molecule has 1 saturated carbocycles. The van der Waals surface area contributed by atoms with Crippen LogP contribution in [0.3, 0.4) is 0 Å². The van der Waals surface area contributed by atoms with Gasteiger partial charge in [0.15, 0.2) is 0 Å². The minimum absolute atomic E-state index is 0.00833. The maximum Gasteiger partial charge on any atom is 0.241 e. The normalized spacial score (nSPS) is 22.6. The monoisotopic (exact) mass is 360 g/mol. The summed E-state index contributed by atoms with van der Waals surface area (Å²) in [5, 5.41) is 0. The molecule has 4 nitrogen and oxygen atoms in total. The van der Waals surface area contributed by atoms with Gasteiger partial charge in [0.25, 0.3) is 0 Å². The highest BCUT2D eigenvalue weighted by molar-refractivity contribution is 9.10. The first-order valence-electron chi connectivity index (χ1n) is 6.80. The molecule has 1 fully saturated rings. The average Bonchev–Trinajstić information content (AvgIpc) is 2.31. The first kappa shape index (κ1) is 15.8. The van der Waals surface area contributed by atoms with Gasteiger partial charge in [-0.25, -0.2) is 13.1 Å². The zero-order valence-corrected chi connectivity index (χ0v) is 14.2. The van der Waals surface area contributed by atoms with Gasteiger partial charge in [-0.1, -0.05) is 26.7 Å². The van der Waals surface area contributed by atoms with Gasteiger partial charge in [0.05, 0.1) is 4.90 Å². The van der Waals surface area contributed by atoms with Crippen molar-refractivity contribution in [2.75, 3.05) is 5.73 Å². The predicted octanol–water partition coefficient (Wildman–Crippen LogP) is 3.28. The quantitative estimate of drug-likeness (QED) is 0.812. The minimum atomic E-state index is -3.53. The number of halogens is 1. The van der Waals surface area contributed by atoms with E-state index in [0.29, 0.717) is 10.2 Å². The maximum absolute atomic E-state index is 12.5. The molecule has 0 bridgehead atoms. The van der Waals surface area contributed by atoms with Crippen LogP contribution in [0, 0.1) is 5.41 Å². The van der Waals surface area contributed by atoms with Crippen molar-refractivity contribution in [3.05, 3.63) is 22.7 Å². The molecule has 0 aromatic heterocycles. The summed E-state index contributed by atoms with van der Waals surface area (Å²) in [5.74, 6) is 0. The van der Waals surface area contributed by atoms with Crippen LogP contribution in [0.15, 0.2) is 27.6 Å². The van der Waals surface area contributed by atoms with E-state index in [1.54, 1.807) is 12.1 Å². The van der Waals surface area contributed by atoms with Crippen LogP contribution in [-0.2, 0) is 10.0 Å². The first-order chi connectivity index (χ1) is 9.22. The summed E-state index contributed by atoms with van der Waals surface area (Å²) in [4.78, 5) is 0.244. The van der Waals surface area contributed by atoms with Crippen LogP contribution in [0.1, 0.15) is 39.5 Å². The lowest BCUT2D eigenvalue weighted by molar-refractivity contribution is 0.188. The lowest BCUT2D eigenvalue weighted by Crippen LogP contribution is -2.46. The summed E-state index contributed by atoms with van der Waals surface area (Å²) in [6, 6.07) is 4.73. The number of benzene rings is 1. The van der Waals surface area contributed by atoms with Gasteiger partial charge in [-0.3, -0.25) is 0 Å². The average molecular weight is 361 g/mol. The van der Waals surface area contributed by atoms with E-state index in [2.05, 4.69) is 34.5 Å². The van der Waals surface area contributed by atoms with Gasteiger partial charge in [0.1, 0.15) is 0 Å². The highest BCUT2D eigenvalue weighted by Crippen LogP contribution is 2.36. The van der Waals surface area contributed by atoms with Gasteiger partial charge in [-0.15, -0.1) is 0 Å². The summed E-state index contributed by atoms with van der Waals surface area (Å²) >= 11 is 3.28. The van der Waals surface area contributed by atoms with Crippen molar-refractivity contribution >= 4 is 31.6 Å². The van der Waals surface area contributed by atoms with E-state index in [-0.39, 0.29) is 16.4 Å². The standard InChI is InChI=1S/C14H21BrN2O2S/c1-14(2)8-4-3-5-13(14)17-20(18,19)12-7-6-10(16)9-11(12)15/h6-7,9,13,17H,3-5,8,16H2,1-2H3. The fraction of sp³-hybridized carbons (Fsp3) is 0.571. The van der Waals surface area contributed by atoms with Crippen molar-refractivity contribution in [1.82, 2.24) is 4.72 Å². The third-order valence-corrected chi connectivity index (χ3v) is 6.50. The molecule has 3 N–H and O–H groups in total. The van der Waals surface area contributed by atoms with Crippen molar-refractivity contribution in [2.24, 2.45) is 5.41 Å². The van der Waals surface area contributed by atoms with Gasteiger partial charge in [0.2, 0.25) is 10.0 Å². The number of anilines is 1. The summed E-state index contributed by atoms with van der Waals surface area (Å²) in [7, 11) is -3.53. The van der Waals surface area contributed by atoms with E-state index in [4.69, 9.17) is 5.73 Å². The topological polar surface area (TPSA) is 72.2 Å². The fourth-order valence-electron chi connectivity index (χ4n) is 2.70. The van der Waals surface area contributed by atoms with Gasteiger partial charge >= 0.3 is 0 Å². The molecule has 2 rings (SSSR count). The molecule has 112 valence electrons. The zero-order chi connectivity index (χ0) is 15.0.